The Bertz CT molecular complexity index is 1290. The van der Waals surface area contributed by atoms with Crippen LogP contribution in [0.15, 0.2) is 71.3 Å². The topological polar surface area (TPSA) is 60.7 Å². The Kier molecular flexibility index (Phi) is 5.84. The van der Waals surface area contributed by atoms with Crippen LogP contribution in [0.3, 0.4) is 0 Å². The van der Waals surface area contributed by atoms with Gasteiger partial charge in [-0.05, 0) is 54.1 Å². The largest absolute Gasteiger partial charge is 0.381 e. The third kappa shape index (κ3) is 4.38. The second-order valence-corrected chi connectivity index (χ2v) is 7.95. The van der Waals surface area contributed by atoms with E-state index in [4.69, 9.17) is 11.6 Å². The summed E-state index contributed by atoms with van der Waals surface area (Å²) in [6.45, 7) is 0.645. The average molecular weight is 482 g/mol. The number of benzene rings is 3. The number of anilines is 3. The number of halogens is 3. The van der Waals surface area contributed by atoms with Crippen molar-refractivity contribution in [2.45, 2.75) is 6.54 Å². The van der Waals surface area contributed by atoms with Crippen molar-refractivity contribution in [1.29, 1.82) is 5.26 Å². The zero-order valence-electron chi connectivity index (χ0n) is 15.6. The number of nitrogens with zero attached hydrogens (tertiary/aromatic N) is 2. The van der Waals surface area contributed by atoms with E-state index in [9.17, 15) is 9.65 Å². The first-order valence-electron chi connectivity index (χ1n) is 9.07. The highest BCUT2D eigenvalue weighted by atomic mass is 79.9. The second-order valence-electron chi connectivity index (χ2n) is 6.63. The molecule has 4 aromatic rings. The molecule has 0 aliphatic carbocycles. The highest BCUT2D eigenvalue weighted by molar-refractivity contribution is 9.10. The maximum atomic E-state index is 13.5. The molecular formula is C23H15BrClFN4. The van der Waals surface area contributed by atoms with Gasteiger partial charge in [0, 0.05) is 34.0 Å². The highest BCUT2D eigenvalue weighted by Crippen LogP contribution is 2.32. The molecule has 7 heteroatoms. The van der Waals surface area contributed by atoms with Crippen molar-refractivity contribution in [3.63, 3.8) is 0 Å². The smallest absolute Gasteiger partial charge is 0.141 e. The molecule has 0 saturated carbocycles. The van der Waals surface area contributed by atoms with Gasteiger partial charge in [0.15, 0.2) is 0 Å². The lowest BCUT2D eigenvalue weighted by atomic mass is 10.1. The molecule has 2 N–H and O–H groups in total. The van der Waals surface area contributed by atoms with Crippen molar-refractivity contribution in [2.24, 2.45) is 0 Å². The van der Waals surface area contributed by atoms with Crippen LogP contribution in [0.1, 0.15) is 11.1 Å². The zero-order valence-corrected chi connectivity index (χ0v) is 17.9. The molecule has 0 unspecified atom stereocenters. The molecule has 4 nitrogen and oxygen atoms in total. The molecule has 0 spiro atoms. The van der Waals surface area contributed by atoms with Gasteiger partial charge in [-0.2, -0.15) is 5.26 Å². The minimum absolute atomic E-state index is 0.00764. The van der Waals surface area contributed by atoms with Gasteiger partial charge in [0.05, 0.1) is 21.8 Å². The number of rotatable bonds is 5. The number of nitriles is 1. The molecular weight excluding hydrogens is 467 g/mol. The Labute approximate surface area is 186 Å². The fraction of sp³-hybridized carbons (Fsp3) is 0.0435. The SMILES string of the molecule is N#Cc1cnc2ccc(NCc3cccc(Br)c3)cc2c1Nc1ccc(F)c(Cl)c1. The lowest BCUT2D eigenvalue weighted by molar-refractivity contribution is 0.628. The lowest BCUT2D eigenvalue weighted by Crippen LogP contribution is -2.01. The summed E-state index contributed by atoms with van der Waals surface area (Å²) < 4.78 is 14.5. The van der Waals surface area contributed by atoms with Crippen LogP contribution in [0.25, 0.3) is 10.9 Å². The molecule has 30 heavy (non-hydrogen) atoms. The van der Waals surface area contributed by atoms with Crippen molar-refractivity contribution in [1.82, 2.24) is 4.98 Å². The van der Waals surface area contributed by atoms with Gasteiger partial charge >= 0.3 is 0 Å². The maximum absolute atomic E-state index is 13.5. The van der Waals surface area contributed by atoms with Crippen LogP contribution in [-0.4, -0.2) is 4.98 Å². The molecule has 0 fully saturated rings. The van der Waals surface area contributed by atoms with Gasteiger partial charge in [0.1, 0.15) is 11.9 Å². The van der Waals surface area contributed by atoms with Crippen LogP contribution in [0, 0.1) is 17.1 Å². The van der Waals surface area contributed by atoms with Crippen LogP contribution in [-0.2, 0) is 6.54 Å². The summed E-state index contributed by atoms with van der Waals surface area (Å²) in [5, 5.41) is 16.9. The van der Waals surface area contributed by atoms with E-state index < -0.39 is 5.82 Å². The van der Waals surface area contributed by atoms with Gasteiger partial charge in [-0.1, -0.05) is 39.7 Å². The minimum Gasteiger partial charge on any atom is -0.381 e. The van der Waals surface area contributed by atoms with Crippen LogP contribution in [0.5, 0.6) is 0 Å². The van der Waals surface area contributed by atoms with E-state index in [-0.39, 0.29) is 5.02 Å². The Balaban J connectivity index is 1.69. The van der Waals surface area contributed by atoms with Gasteiger partial charge in [0.25, 0.3) is 0 Å². The molecule has 0 atom stereocenters. The van der Waals surface area contributed by atoms with Crippen LogP contribution in [0.2, 0.25) is 5.02 Å². The number of hydrogen-bond acceptors (Lipinski definition) is 4. The zero-order chi connectivity index (χ0) is 21.1. The van der Waals surface area contributed by atoms with Gasteiger partial charge in [-0.3, -0.25) is 4.98 Å². The molecule has 0 aliphatic heterocycles. The first-order valence-corrected chi connectivity index (χ1v) is 10.2. The van der Waals surface area contributed by atoms with Crippen LogP contribution >= 0.6 is 27.5 Å². The van der Waals surface area contributed by atoms with Crippen molar-refractivity contribution in [3.8, 4) is 6.07 Å². The predicted octanol–water partition coefficient (Wildman–Crippen LogP) is 7.02. The van der Waals surface area contributed by atoms with Crippen molar-refractivity contribution in [2.75, 3.05) is 10.6 Å². The Morgan fingerprint density at radius 3 is 2.67 bits per heavy atom. The van der Waals surface area contributed by atoms with Gasteiger partial charge in [-0.15, -0.1) is 0 Å². The van der Waals surface area contributed by atoms with Gasteiger partial charge in [-0.25, -0.2) is 4.39 Å². The van der Waals surface area contributed by atoms with E-state index in [0.29, 0.717) is 23.5 Å². The van der Waals surface area contributed by atoms with Gasteiger partial charge < -0.3 is 10.6 Å². The van der Waals surface area contributed by atoms with Crippen molar-refractivity contribution >= 4 is 55.5 Å². The Hall–Kier alpha value is -3.14. The first kappa shape index (κ1) is 20.1. The quantitative estimate of drug-likeness (QED) is 0.322. The summed E-state index contributed by atoms with van der Waals surface area (Å²) >= 11 is 9.38. The molecule has 0 bridgehead atoms. The molecule has 3 aromatic carbocycles. The molecule has 0 amide bonds. The third-order valence-electron chi connectivity index (χ3n) is 4.56. The second kappa shape index (κ2) is 8.70. The third-order valence-corrected chi connectivity index (χ3v) is 5.35. The van der Waals surface area contributed by atoms with Gasteiger partial charge in [0.2, 0.25) is 0 Å². The Morgan fingerprint density at radius 2 is 1.90 bits per heavy atom. The van der Waals surface area contributed by atoms with E-state index in [1.165, 1.54) is 18.3 Å². The average Bonchev–Trinajstić information content (AvgIpc) is 2.75. The monoisotopic (exact) mass is 480 g/mol. The molecule has 0 radical (unpaired) electrons. The number of nitrogens with one attached hydrogen (secondary N) is 2. The van der Waals surface area contributed by atoms with E-state index >= 15 is 0 Å². The number of aromatic nitrogens is 1. The summed E-state index contributed by atoms with van der Waals surface area (Å²) in [6.07, 6.45) is 1.52. The molecule has 1 aromatic heterocycles. The summed E-state index contributed by atoms with van der Waals surface area (Å²) in [6, 6.07) is 20.3. The number of fused-ring (bicyclic) bond motifs is 1. The van der Waals surface area contributed by atoms with Crippen molar-refractivity contribution in [3.05, 3.63) is 93.3 Å². The molecule has 0 saturated heterocycles. The van der Waals surface area contributed by atoms with E-state index in [1.54, 1.807) is 6.07 Å². The molecule has 148 valence electrons. The summed E-state index contributed by atoms with van der Waals surface area (Å²) in [4.78, 5) is 4.37. The normalized spacial score (nSPS) is 10.6. The fourth-order valence-electron chi connectivity index (χ4n) is 3.09. The maximum Gasteiger partial charge on any atom is 0.141 e. The fourth-order valence-corrected chi connectivity index (χ4v) is 3.72. The predicted molar refractivity (Wildman–Crippen MR) is 123 cm³/mol. The van der Waals surface area contributed by atoms with E-state index in [0.717, 1.165) is 26.6 Å². The molecule has 1 heterocycles. The number of pyridine rings is 1. The highest BCUT2D eigenvalue weighted by Gasteiger charge is 2.11. The van der Waals surface area contributed by atoms with Crippen LogP contribution in [0.4, 0.5) is 21.5 Å². The standard InChI is InChI=1S/C23H15BrClFN4/c24-16-3-1-2-14(8-16)12-28-17-5-7-22-19(9-17)23(15(11-27)13-29-22)30-18-4-6-21(26)20(25)10-18/h1-10,13,28H,12H2,(H,29,30). The summed E-state index contributed by atoms with van der Waals surface area (Å²) in [7, 11) is 0. The summed E-state index contributed by atoms with van der Waals surface area (Å²) in [5.74, 6) is -0.499. The first-order chi connectivity index (χ1) is 14.5. The minimum atomic E-state index is -0.499. The number of hydrogen-bond donors (Lipinski definition) is 2. The van der Waals surface area contributed by atoms with Crippen molar-refractivity contribution < 1.29 is 4.39 Å². The molecule has 0 aliphatic rings. The Morgan fingerprint density at radius 1 is 1.07 bits per heavy atom. The lowest BCUT2D eigenvalue weighted by Gasteiger charge is -2.14. The molecule has 4 rings (SSSR count). The van der Waals surface area contributed by atoms with Crippen LogP contribution < -0.4 is 10.6 Å². The van der Waals surface area contributed by atoms with E-state index in [2.05, 4.69) is 43.7 Å². The summed E-state index contributed by atoms with van der Waals surface area (Å²) in [5.41, 5.74) is 4.31. The van der Waals surface area contributed by atoms with E-state index in [1.807, 2.05) is 36.4 Å².